The van der Waals surface area contributed by atoms with E-state index >= 15 is 0 Å². The first kappa shape index (κ1) is 20.3. The molecular formula is C22H24O5S. The first-order valence-corrected chi connectivity index (χ1v) is 9.90. The SMILES string of the molecule is COC(=O)OC1=C(c2cc(-c3ccsc3)ccc2C)C(=O)C(C)(C)OC1(C)C. The van der Waals surface area contributed by atoms with E-state index in [1.54, 1.807) is 39.0 Å². The molecule has 3 rings (SSSR count). The van der Waals surface area contributed by atoms with Gasteiger partial charge < -0.3 is 14.2 Å². The second-order valence-corrected chi connectivity index (χ2v) is 8.53. The summed E-state index contributed by atoms with van der Waals surface area (Å²) in [5.74, 6) is -0.0782. The minimum atomic E-state index is -1.06. The Balaban J connectivity index is 2.28. The van der Waals surface area contributed by atoms with E-state index in [0.717, 1.165) is 22.3 Å². The number of rotatable bonds is 3. The smallest absolute Gasteiger partial charge is 0.437 e. The van der Waals surface area contributed by atoms with Crippen LogP contribution in [0, 0.1) is 6.92 Å². The van der Waals surface area contributed by atoms with Crippen molar-refractivity contribution in [2.75, 3.05) is 7.11 Å². The number of hydrogen-bond acceptors (Lipinski definition) is 6. The third-order valence-corrected chi connectivity index (χ3v) is 5.45. The fraction of sp³-hybridized carbons (Fsp3) is 0.364. The third kappa shape index (κ3) is 3.62. The van der Waals surface area contributed by atoms with E-state index in [1.807, 2.05) is 41.9 Å². The number of benzene rings is 1. The first-order valence-electron chi connectivity index (χ1n) is 8.96. The van der Waals surface area contributed by atoms with E-state index < -0.39 is 17.4 Å². The van der Waals surface area contributed by atoms with Gasteiger partial charge in [-0.05, 0) is 79.8 Å². The van der Waals surface area contributed by atoms with E-state index in [4.69, 9.17) is 9.47 Å². The molecular weight excluding hydrogens is 376 g/mol. The van der Waals surface area contributed by atoms with Crippen LogP contribution in [0.25, 0.3) is 16.7 Å². The Bertz CT molecular complexity index is 951. The number of ketones is 1. The largest absolute Gasteiger partial charge is 0.513 e. The van der Waals surface area contributed by atoms with E-state index in [-0.39, 0.29) is 11.5 Å². The van der Waals surface area contributed by atoms with Crippen LogP contribution in [-0.2, 0) is 19.0 Å². The molecule has 0 N–H and O–H groups in total. The lowest BCUT2D eigenvalue weighted by Gasteiger charge is -2.41. The predicted molar refractivity (Wildman–Crippen MR) is 109 cm³/mol. The van der Waals surface area contributed by atoms with Crippen molar-refractivity contribution in [3.63, 3.8) is 0 Å². The molecule has 6 heteroatoms. The minimum absolute atomic E-state index is 0.161. The lowest BCUT2D eigenvalue weighted by Crippen LogP contribution is -2.50. The van der Waals surface area contributed by atoms with E-state index in [9.17, 15) is 9.59 Å². The molecule has 1 aliphatic heterocycles. The highest BCUT2D eigenvalue weighted by molar-refractivity contribution is 7.08. The van der Waals surface area contributed by atoms with Gasteiger partial charge in [-0.15, -0.1) is 0 Å². The van der Waals surface area contributed by atoms with Crippen LogP contribution in [0.5, 0.6) is 0 Å². The standard InChI is InChI=1S/C22H24O5S/c1-13-7-8-14(15-9-10-28-12-15)11-16(13)17-18(23)21(2,3)27-22(4,5)19(17)26-20(24)25-6/h7-12H,1-6H3. The van der Waals surface area contributed by atoms with Gasteiger partial charge in [0.25, 0.3) is 0 Å². The molecule has 0 amide bonds. The van der Waals surface area contributed by atoms with Gasteiger partial charge in [0.15, 0.2) is 11.5 Å². The number of ether oxygens (including phenoxy) is 3. The summed E-state index contributed by atoms with van der Waals surface area (Å²) in [6.45, 7) is 8.93. The van der Waals surface area contributed by atoms with Crippen molar-refractivity contribution in [1.29, 1.82) is 0 Å². The van der Waals surface area contributed by atoms with Gasteiger partial charge in [-0.25, -0.2) is 4.79 Å². The highest BCUT2D eigenvalue weighted by Gasteiger charge is 2.49. The van der Waals surface area contributed by atoms with Gasteiger partial charge in [-0.1, -0.05) is 12.1 Å². The van der Waals surface area contributed by atoms with Crippen molar-refractivity contribution in [3.8, 4) is 11.1 Å². The summed E-state index contributed by atoms with van der Waals surface area (Å²) in [5, 5.41) is 4.06. The second kappa shape index (κ2) is 7.18. The quantitative estimate of drug-likeness (QED) is 0.648. The fourth-order valence-corrected chi connectivity index (χ4v) is 4.14. The number of carbonyl (C=O) groups excluding carboxylic acids is 2. The Hall–Kier alpha value is -2.44. The molecule has 28 heavy (non-hydrogen) atoms. The van der Waals surface area contributed by atoms with Crippen molar-refractivity contribution in [2.24, 2.45) is 0 Å². The Labute approximate surface area is 168 Å². The summed E-state index contributed by atoms with van der Waals surface area (Å²) < 4.78 is 16.1. The van der Waals surface area contributed by atoms with Gasteiger partial charge in [0.1, 0.15) is 11.2 Å². The topological polar surface area (TPSA) is 61.8 Å². The van der Waals surface area contributed by atoms with E-state index in [1.165, 1.54) is 7.11 Å². The Morgan fingerprint density at radius 1 is 1.07 bits per heavy atom. The average Bonchev–Trinajstić information content (AvgIpc) is 3.14. The molecule has 1 aromatic heterocycles. The molecule has 0 fully saturated rings. The van der Waals surface area contributed by atoms with E-state index in [0.29, 0.717) is 5.57 Å². The number of aryl methyl sites for hydroxylation is 1. The molecule has 2 aromatic rings. The number of methoxy groups -OCH3 is 1. The van der Waals surface area contributed by atoms with Gasteiger partial charge in [0, 0.05) is 0 Å². The minimum Gasteiger partial charge on any atom is -0.437 e. The van der Waals surface area contributed by atoms with Gasteiger partial charge in [-0.3, -0.25) is 4.79 Å². The molecule has 0 aliphatic carbocycles. The monoisotopic (exact) mass is 400 g/mol. The second-order valence-electron chi connectivity index (χ2n) is 7.75. The van der Waals surface area contributed by atoms with Gasteiger partial charge in [-0.2, -0.15) is 11.3 Å². The Morgan fingerprint density at radius 3 is 2.39 bits per heavy atom. The molecule has 1 aromatic carbocycles. The number of carbonyl (C=O) groups is 2. The number of Topliss-reactive ketones (excluding diaryl/α,β-unsaturated/α-hetero) is 1. The van der Waals surface area contributed by atoms with Crippen molar-refractivity contribution < 1.29 is 23.8 Å². The summed E-state index contributed by atoms with van der Waals surface area (Å²) >= 11 is 1.61. The highest BCUT2D eigenvalue weighted by Crippen LogP contribution is 2.43. The summed E-state index contributed by atoms with van der Waals surface area (Å²) in [4.78, 5) is 25.3. The molecule has 0 unspecified atom stereocenters. The molecule has 0 atom stereocenters. The van der Waals surface area contributed by atoms with Crippen LogP contribution < -0.4 is 0 Å². The summed E-state index contributed by atoms with van der Waals surface area (Å²) in [6, 6.07) is 7.97. The molecule has 0 saturated carbocycles. The molecule has 0 radical (unpaired) electrons. The van der Waals surface area contributed by atoms with Crippen LogP contribution in [0.2, 0.25) is 0 Å². The van der Waals surface area contributed by atoms with E-state index in [2.05, 4.69) is 4.74 Å². The first-order chi connectivity index (χ1) is 13.1. The number of thiophene rings is 1. The molecule has 5 nitrogen and oxygen atoms in total. The van der Waals surface area contributed by atoms with Crippen molar-refractivity contribution in [3.05, 3.63) is 51.9 Å². The van der Waals surface area contributed by atoms with Gasteiger partial charge in [0.05, 0.1) is 12.7 Å². The highest BCUT2D eigenvalue weighted by atomic mass is 32.1. The number of hydrogen-bond donors (Lipinski definition) is 0. The lowest BCUT2D eigenvalue weighted by molar-refractivity contribution is -0.158. The zero-order valence-electron chi connectivity index (χ0n) is 16.9. The Kier molecular flexibility index (Phi) is 5.21. The maximum absolute atomic E-state index is 13.4. The van der Waals surface area contributed by atoms with Crippen LogP contribution in [0.1, 0.15) is 38.8 Å². The lowest BCUT2D eigenvalue weighted by atomic mass is 9.81. The molecule has 148 valence electrons. The average molecular weight is 400 g/mol. The third-order valence-electron chi connectivity index (χ3n) is 4.77. The summed E-state index contributed by atoms with van der Waals surface area (Å²) in [6.07, 6.45) is -0.886. The van der Waals surface area contributed by atoms with Gasteiger partial charge >= 0.3 is 6.16 Å². The van der Waals surface area contributed by atoms with Crippen LogP contribution in [0.15, 0.2) is 40.8 Å². The maximum atomic E-state index is 13.4. The fourth-order valence-electron chi connectivity index (χ4n) is 3.48. The van der Waals surface area contributed by atoms with Crippen LogP contribution in [0.3, 0.4) is 0 Å². The normalized spacial score (nSPS) is 18.1. The predicted octanol–water partition coefficient (Wildman–Crippen LogP) is 5.37. The van der Waals surface area contributed by atoms with Crippen LogP contribution >= 0.6 is 11.3 Å². The summed E-state index contributed by atoms with van der Waals surface area (Å²) in [7, 11) is 1.23. The summed E-state index contributed by atoms with van der Waals surface area (Å²) in [5.41, 5.74) is 1.97. The molecule has 0 bridgehead atoms. The Morgan fingerprint density at radius 2 is 1.79 bits per heavy atom. The van der Waals surface area contributed by atoms with Crippen molar-refractivity contribution >= 4 is 28.8 Å². The van der Waals surface area contributed by atoms with Crippen molar-refractivity contribution in [2.45, 2.75) is 45.8 Å². The molecule has 0 spiro atoms. The maximum Gasteiger partial charge on any atom is 0.513 e. The van der Waals surface area contributed by atoms with Gasteiger partial charge in [0.2, 0.25) is 0 Å². The van der Waals surface area contributed by atoms with Crippen LogP contribution in [0.4, 0.5) is 4.79 Å². The molecule has 0 saturated heterocycles. The zero-order valence-corrected chi connectivity index (χ0v) is 17.7. The van der Waals surface area contributed by atoms with Crippen molar-refractivity contribution in [1.82, 2.24) is 0 Å². The zero-order chi connectivity index (χ0) is 20.7. The molecule has 1 aliphatic rings. The van der Waals surface area contributed by atoms with Crippen LogP contribution in [-0.4, -0.2) is 30.3 Å². The molecule has 2 heterocycles.